The van der Waals surface area contributed by atoms with Crippen LogP contribution in [0.4, 0.5) is 0 Å². The van der Waals surface area contributed by atoms with Crippen molar-refractivity contribution in [1.82, 2.24) is 5.32 Å². The summed E-state index contributed by atoms with van der Waals surface area (Å²) in [5.74, 6) is 0.0976. The molecular formula is C17H21NO4S. The summed E-state index contributed by atoms with van der Waals surface area (Å²) in [7, 11) is -3.67. The van der Waals surface area contributed by atoms with E-state index in [4.69, 9.17) is 4.42 Å². The van der Waals surface area contributed by atoms with Crippen molar-refractivity contribution in [3.8, 4) is 0 Å². The van der Waals surface area contributed by atoms with Gasteiger partial charge in [-0.2, -0.15) is 0 Å². The van der Waals surface area contributed by atoms with Crippen LogP contribution in [0.3, 0.4) is 0 Å². The molecule has 1 aromatic heterocycles. The zero-order valence-electron chi connectivity index (χ0n) is 13.4. The van der Waals surface area contributed by atoms with Crippen molar-refractivity contribution < 1.29 is 17.6 Å². The van der Waals surface area contributed by atoms with Crippen molar-refractivity contribution in [1.29, 1.82) is 0 Å². The molecular weight excluding hydrogens is 314 g/mol. The van der Waals surface area contributed by atoms with E-state index in [2.05, 4.69) is 5.32 Å². The van der Waals surface area contributed by atoms with Gasteiger partial charge in [0.15, 0.2) is 9.84 Å². The second-order valence-electron chi connectivity index (χ2n) is 6.32. The average Bonchev–Trinajstić information content (AvgIpc) is 3.01. The Kier molecular flexibility index (Phi) is 4.94. The van der Waals surface area contributed by atoms with Crippen LogP contribution in [0, 0.1) is 5.41 Å². The number of amides is 1. The predicted octanol–water partition coefficient (Wildman–Crippen LogP) is 2.96. The number of hydrogen-bond acceptors (Lipinski definition) is 4. The highest BCUT2D eigenvalue weighted by molar-refractivity contribution is 7.91. The molecule has 0 saturated carbocycles. The molecule has 0 aliphatic heterocycles. The van der Waals surface area contributed by atoms with E-state index in [-0.39, 0.29) is 17.3 Å². The zero-order chi connectivity index (χ0) is 17.1. The van der Waals surface area contributed by atoms with Gasteiger partial charge in [-0.1, -0.05) is 39.0 Å². The molecule has 0 saturated heterocycles. The molecule has 0 bridgehead atoms. The Labute approximate surface area is 136 Å². The molecule has 5 nitrogen and oxygen atoms in total. The summed E-state index contributed by atoms with van der Waals surface area (Å²) in [5.41, 5.74) is -0.593. The van der Waals surface area contributed by atoms with Gasteiger partial charge in [-0.15, -0.1) is 0 Å². The normalized spacial score (nSPS) is 13.5. The van der Waals surface area contributed by atoms with Gasteiger partial charge in [-0.25, -0.2) is 8.42 Å². The van der Waals surface area contributed by atoms with Gasteiger partial charge in [0.2, 0.25) is 5.91 Å². The van der Waals surface area contributed by atoms with Crippen molar-refractivity contribution in [3.63, 3.8) is 0 Å². The summed E-state index contributed by atoms with van der Waals surface area (Å²) in [5, 5.41) is 1.74. The predicted molar refractivity (Wildman–Crippen MR) is 87.5 cm³/mol. The van der Waals surface area contributed by atoms with E-state index in [1.807, 2.05) is 0 Å². The Bertz CT molecular complexity index is 744. The first kappa shape index (κ1) is 17.3. The summed E-state index contributed by atoms with van der Waals surface area (Å²) in [6.07, 6.45) is 1.43. The maximum atomic E-state index is 12.9. The van der Waals surface area contributed by atoms with Crippen LogP contribution in [0.25, 0.3) is 0 Å². The Morgan fingerprint density at radius 2 is 1.78 bits per heavy atom. The van der Waals surface area contributed by atoms with Crippen molar-refractivity contribution in [2.45, 2.75) is 30.9 Å². The maximum Gasteiger partial charge on any atom is 0.225 e. The summed E-state index contributed by atoms with van der Waals surface area (Å²) >= 11 is 0. The Balaban J connectivity index is 2.31. The van der Waals surface area contributed by atoms with E-state index in [1.54, 1.807) is 51.1 Å². The summed E-state index contributed by atoms with van der Waals surface area (Å²) in [4.78, 5) is 12.3. The fourth-order valence-corrected chi connectivity index (χ4v) is 3.67. The number of carbonyl (C=O) groups is 1. The van der Waals surface area contributed by atoms with Crippen LogP contribution >= 0.6 is 0 Å². The summed E-state index contributed by atoms with van der Waals surface area (Å²) in [6, 6.07) is 11.4. The van der Waals surface area contributed by atoms with Gasteiger partial charge >= 0.3 is 0 Å². The quantitative estimate of drug-likeness (QED) is 0.911. The molecule has 1 aromatic carbocycles. The van der Waals surface area contributed by atoms with Gasteiger partial charge in [0, 0.05) is 12.0 Å². The largest absolute Gasteiger partial charge is 0.468 e. The first-order chi connectivity index (χ1) is 10.7. The number of furan rings is 1. The molecule has 0 aliphatic rings. The lowest BCUT2D eigenvalue weighted by Crippen LogP contribution is -2.38. The molecule has 1 amide bonds. The highest BCUT2D eigenvalue weighted by Gasteiger charge is 2.33. The third kappa shape index (κ3) is 4.01. The van der Waals surface area contributed by atoms with Gasteiger partial charge in [0.25, 0.3) is 0 Å². The molecule has 23 heavy (non-hydrogen) atoms. The molecule has 0 aliphatic carbocycles. The van der Waals surface area contributed by atoms with Crippen LogP contribution in [-0.2, 0) is 14.6 Å². The molecule has 0 spiro atoms. The minimum Gasteiger partial charge on any atom is -0.468 e. The number of hydrogen-bond donors (Lipinski definition) is 1. The molecule has 124 valence electrons. The van der Waals surface area contributed by atoms with E-state index < -0.39 is 20.5 Å². The van der Waals surface area contributed by atoms with E-state index in [0.717, 1.165) is 0 Å². The SMILES string of the molecule is CC(C)(C)C(=O)NCC(c1ccco1)S(=O)(=O)c1ccccc1. The van der Waals surface area contributed by atoms with Gasteiger partial charge in [0.05, 0.1) is 11.2 Å². The molecule has 0 fully saturated rings. The second-order valence-corrected chi connectivity index (χ2v) is 8.45. The number of sulfone groups is 1. The summed E-state index contributed by atoms with van der Waals surface area (Å²) < 4.78 is 31.1. The van der Waals surface area contributed by atoms with E-state index in [1.165, 1.54) is 18.4 Å². The Morgan fingerprint density at radius 1 is 1.13 bits per heavy atom. The lowest BCUT2D eigenvalue weighted by Gasteiger charge is -2.21. The number of benzene rings is 1. The van der Waals surface area contributed by atoms with Crippen molar-refractivity contribution in [2.24, 2.45) is 5.41 Å². The fraction of sp³-hybridized carbons (Fsp3) is 0.353. The molecule has 1 heterocycles. The second kappa shape index (κ2) is 6.58. The number of rotatable bonds is 5. The van der Waals surface area contributed by atoms with Gasteiger partial charge in [-0.3, -0.25) is 4.79 Å². The zero-order valence-corrected chi connectivity index (χ0v) is 14.3. The van der Waals surface area contributed by atoms with Crippen LogP contribution < -0.4 is 5.32 Å². The first-order valence-electron chi connectivity index (χ1n) is 7.33. The van der Waals surface area contributed by atoms with Gasteiger partial charge < -0.3 is 9.73 Å². The standard InChI is InChI=1S/C17H21NO4S/c1-17(2,3)16(19)18-12-15(14-10-7-11-22-14)23(20,21)13-8-5-4-6-9-13/h4-11,15H,12H2,1-3H3,(H,18,19). The highest BCUT2D eigenvalue weighted by atomic mass is 32.2. The smallest absolute Gasteiger partial charge is 0.225 e. The van der Waals surface area contributed by atoms with Crippen LogP contribution in [0.2, 0.25) is 0 Å². The monoisotopic (exact) mass is 335 g/mol. The number of carbonyl (C=O) groups excluding carboxylic acids is 1. The van der Waals surface area contributed by atoms with E-state index in [9.17, 15) is 13.2 Å². The topological polar surface area (TPSA) is 76.4 Å². The molecule has 0 radical (unpaired) electrons. The van der Waals surface area contributed by atoms with Crippen LogP contribution in [0.5, 0.6) is 0 Å². The molecule has 2 aromatic rings. The number of nitrogens with one attached hydrogen (secondary N) is 1. The summed E-state index contributed by atoms with van der Waals surface area (Å²) in [6.45, 7) is 5.28. The lowest BCUT2D eigenvalue weighted by molar-refractivity contribution is -0.128. The Hall–Kier alpha value is -2.08. The van der Waals surface area contributed by atoms with Crippen LogP contribution in [0.1, 0.15) is 31.8 Å². The molecule has 1 unspecified atom stereocenters. The van der Waals surface area contributed by atoms with E-state index in [0.29, 0.717) is 5.76 Å². The van der Waals surface area contributed by atoms with Gasteiger partial charge in [0.1, 0.15) is 11.0 Å². The third-order valence-electron chi connectivity index (χ3n) is 3.44. The van der Waals surface area contributed by atoms with Crippen LogP contribution in [-0.4, -0.2) is 20.9 Å². The van der Waals surface area contributed by atoms with Crippen molar-refractivity contribution >= 4 is 15.7 Å². The average molecular weight is 335 g/mol. The lowest BCUT2D eigenvalue weighted by atomic mass is 9.96. The maximum absolute atomic E-state index is 12.9. The third-order valence-corrected chi connectivity index (χ3v) is 5.51. The van der Waals surface area contributed by atoms with E-state index >= 15 is 0 Å². The van der Waals surface area contributed by atoms with Crippen LogP contribution in [0.15, 0.2) is 58.0 Å². The van der Waals surface area contributed by atoms with Gasteiger partial charge in [-0.05, 0) is 24.3 Å². The Morgan fingerprint density at radius 3 is 2.30 bits per heavy atom. The minimum absolute atomic E-state index is 0.0408. The minimum atomic E-state index is -3.67. The molecule has 2 rings (SSSR count). The highest BCUT2D eigenvalue weighted by Crippen LogP contribution is 2.29. The van der Waals surface area contributed by atoms with Crippen molar-refractivity contribution in [3.05, 3.63) is 54.5 Å². The molecule has 1 N–H and O–H groups in total. The molecule has 6 heteroatoms. The van der Waals surface area contributed by atoms with Crippen molar-refractivity contribution in [2.75, 3.05) is 6.54 Å². The molecule has 1 atom stereocenters. The fourth-order valence-electron chi connectivity index (χ4n) is 2.06. The first-order valence-corrected chi connectivity index (χ1v) is 8.88.